The van der Waals surface area contributed by atoms with E-state index >= 15 is 4.79 Å². The van der Waals surface area contributed by atoms with Gasteiger partial charge in [0.25, 0.3) is 5.91 Å². The van der Waals surface area contributed by atoms with Gasteiger partial charge in [0.2, 0.25) is 17.8 Å². The zero-order chi connectivity index (χ0) is 66.0. The lowest BCUT2D eigenvalue weighted by atomic mass is 9.47. The SMILES string of the molecule is CC[C@]1(O)C[C@@H]2CN(CCc3c([nH]c4ccccc34)[C@@](C(=O)OC)(c3ccc4c(c3OC)N(C=O)[C@H]3[C@@](O)(C(=O)OC)[C@H](OC(C)=O)[C@]5(CC)C=CCN6CC[C@]43[C@@H]65)C2)C1.CN(C)N=Nc1nc[nH]c1C(N)=O.Cc1ncc(CNC(=O)N(CCCl)N=O)c(N)n1. The number of benzene rings is 2. The number of anilines is 2. The summed E-state index contributed by atoms with van der Waals surface area (Å²) in [6, 6.07) is 9.41. The topological polar surface area (TPSA) is 384 Å². The number of nitroso groups, excluding NO2 is 1. The van der Waals surface area contributed by atoms with Crippen LogP contribution in [0.3, 0.4) is 0 Å². The number of urea groups is 1. The first-order valence-electron chi connectivity index (χ1n) is 29.9. The van der Waals surface area contributed by atoms with Crippen LogP contribution in [-0.2, 0) is 57.2 Å². The number of carbonyl (C=O) groups is 6. The summed E-state index contributed by atoms with van der Waals surface area (Å²) in [6.45, 7) is 10.0. The van der Waals surface area contributed by atoms with Gasteiger partial charge in [-0.05, 0) is 75.1 Å². The number of fused-ring (bicyclic) bond motifs is 6. The average molecular weight is 1280 g/mol. The first kappa shape index (κ1) is 66.8. The third-order valence-electron chi connectivity index (χ3n) is 18.8. The summed E-state index contributed by atoms with van der Waals surface area (Å²) in [6.07, 6.45) is 8.64. The Morgan fingerprint density at radius 2 is 1.73 bits per heavy atom. The van der Waals surface area contributed by atoms with Crippen molar-refractivity contribution in [2.24, 2.45) is 32.7 Å². The van der Waals surface area contributed by atoms with Crippen LogP contribution in [0.5, 0.6) is 5.75 Å². The number of halogens is 1. The summed E-state index contributed by atoms with van der Waals surface area (Å²) < 4.78 is 23.9. The molecule has 11 rings (SSSR count). The van der Waals surface area contributed by atoms with Crippen LogP contribution in [0.25, 0.3) is 10.9 Å². The van der Waals surface area contributed by atoms with Crippen LogP contribution in [0.2, 0.25) is 0 Å². The summed E-state index contributed by atoms with van der Waals surface area (Å²) in [4.78, 5) is 113. The summed E-state index contributed by atoms with van der Waals surface area (Å²) in [5.41, 5.74) is 8.08. The zero-order valence-corrected chi connectivity index (χ0v) is 53.2. The predicted molar refractivity (Wildman–Crippen MR) is 333 cm³/mol. The van der Waals surface area contributed by atoms with Crippen LogP contribution < -0.4 is 26.4 Å². The van der Waals surface area contributed by atoms with E-state index in [2.05, 4.69) is 55.7 Å². The molecule has 1 saturated carbocycles. The van der Waals surface area contributed by atoms with Crippen molar-refractivity contribution in [3.8, 4) is 5.75 Å². The minimum Gasteiger partial charge on any atom is -0.494 e. The number of amides is 4. The number of rotatable bonds is 16. The van der Waals surface area contributed by atoms with Crippen LogP contribution >= 0.6 is 11.6 Å². The van der Waals surface area contributed by atoms with Gasteiger partial charge >= 0.3 is 23.9 Å². The van der Waals surface area contributed by atoms with Gasteiger partial charge in [0.15, 0.2) is 11.8 Å². The first-order valence-corrected chi connectivity index (χ1v) is 30.4. The predicted octanol–water partition coefficient (Wildman–Crippen LogP) is 4.39. The highest BCUT2D eigenvalue weighted by Crippen LogP contribution is 2.69. The lowest BCUT2D eigenvalue weighted by Crippen LogP contribution is -2.81. The number of piperidine rings is 1. The van der Waals surface area contributed by atoms with Gasteiger partial charge in [-0.1, -0.05) is 61.6 Å². The van der Waals surface area contributed by atoms with Gasteiger partial charge in [0.1, 0.15) is 22.8 Å². The van der Waals surface area contributed by atoms with E-state index < -0.39 is 75.5 Å². The second kappa shape index (κ2) is 26.7. The van der Waals surface area contributed by atoms with Gasteiger partial charge in [0, 0.05) is 110 Å². The number of carbonyl (C=O) groups excluding carboxylic acids is 6. The molecule has 1 aliphatic carbocycles. The van der Waals surface area contributed by atoms with Gasteiger partial charge in [-0.15, -0.1) is 21.6 Å². The number of para-hydroxylation sites is 1. The zero-order valence-electron chi connectivity index (χ0n) is 52.4. The number of ether oxygens (including phenoxy) is 4. The number of esters is 3. The fraction of sp³-hybridized carbons (Fsp3) is 0.525. The number of nitrogens with two attached hydrogens (primary N) is 2. The Kier molecular flexibility index (Phi) is 19.6. The summed E-state index contributed by atoms with van der Waals surface area (Å²) in [7, 11) is 7.47. The number of nitrogens with one attached hydrogen (secondary N) is 3. The van der Waals surface area contributed by atoms with Crippen molar-refractivity contribution in [2.45, 2.75) is 113 Å². The Labute approximate surface area is 530 Å². The second-order valence-corrected chi connectivity index (χ2v) is 24.3. The van der Waals surface area contributed by atoms with Crippen molar-refractivity contribution in [1.82, 2.24) is 50.1 Å². The number of aliphatic hydroxyl groups is 2. The molecule has 91 heavy (non-hydrogen) atoms. The Balaban J connectivity index is 0.000000258. The number of nitrogen functional groups attached to an aromatic ring is 1. The maximum Gasteiger partial charge on any atom is 0.344 e. The van der Waals surface area contributed by atoms with Crippen molar-refractivity contribution in [3.63, 3.8) is 0 Å². The number of aromatic amines is 2. The van der Waals surface area contributed by atoms with Gasteiger partial charge in [-0.2, -0.15) is 5.01 Å². The molecule has 0 radical (unpaired) electrons. The number of imidazole rings is 1. The number of hydrogen-bond acceptors (Lipinski definition) is 22. The van der Waals surface area contributed by atoms with E-state index in [4.69, 9.17) is 42.0 Å². The lowest BCUT2D eigenvalue weighted by molar-refractivity contribution is -0.228. The lowest BCUT2D eigenvalue weighted by Gasteiger charge is -2.63. The molecule has 9 N–H and O–H groups in total. The number of H-pyrrole nitrogens is 2. The molecule has 488 valence electrons. The highest BCUT2D eigenvalue weighted by atomic mass is 35.5. The van der Waals surface area contributed by atoms with Crippen LogP contribution in [0.15, 0.2) is 76.7 Å². The highest BCUT2D eigenvalue weighted by molar-refractivity contribution is 6.18. The van der Waals surface area contributed by atoms with Gasteiger partial charge in [-0.3, -0.25) is 34.0 Å². The monoisotopic (exact) mass is 1280 g/mol. The number of nitrogens with zero attached hydrogens (tertiary/aromatic N) is 11. The van der Waals surface area contributed by atoms with E-state index in [1.165, 1.54) is 50.7 Å². The van der Waals surface area contributed by atoms with Crippen LogP contribution in [0.1, 0.15) is 97.1 Å². The Morgan fingerprint density at radius 1 is 0.989 bits per heavy atom. The number of aryl methyl sites for hydroxylation is 1. The molecule has 2 aromatic carbocycles. The molecule has 6 aliphatic rings. The summed E-state index contributed by atoms with van der Waals surface area (Å²) >= 11 is 5.42. The van der Waals surface area contributed by atoms with E-state index in [0.717, 1.165) is 16.5 Å². The molecule has 30 heteroatoms. The molecule has 8 heterocycles. The van der Waals surface area contributed by atoms with Crippen molar-refractivity contribution in [2.75, 3.05) is 91.2 Å². The van der Waals surface area contributed by atoms with Crippen molar-refractivity contribution in [3.05, 3.63) is 105 Å². The molecule has 10 atom stereocenters. The number of primary amides is 1. The Bertz CT molecular complexity index is 3660. The summed E-state index contributed by atoms with van der Waals surface area (Å²) in [5, 5.41) is 40.8. The third kappa shape index (κ3) is 11.6. The summed E-state index contributed by atoms with van der Waals surface area (Å²) in [5.74, 6) is -1.67. The minimum absolute atomic E-state index is 0.0385. The quantitative estimate of drug-likeness (QED) is 0.0105. The normalized spacial score (nSPS) is 27.5. The van der Waals surface area contributed by atoms with E-state index in [-0.39, 0.29) is 54.4 Å². The highest BCUT2D eigenvalue weighted by Gasteiger charge is 2.81. The molecule has 5 aliphatic heterocycles. The molecule has 2 saturated heterocycles. The molecule has 3 aromatic heterocycles. The van der Waals surface area contributed by atoms with Crippen LogP contribution in [-0.4, -0.2) is 201 Å². The number of methoxy groups -OCH3 is 3. The fourth-order valence-electron chi connectivity index (χ4n) is 15.3. The largest absolute Gasteiger partial charge is 0.494 e. The van der Waals surface area contributed by atoms with E-state index in [1.54, 1.807) is 21.0 Å². The van der Waals surface area contributed by atoms with Crippen molar-refractivity contribution < 1.29 is 57.9 Å². The Morgan fingerprint density at radius 3 is 2.36 bits per heavy atom. The smallest absolute Gasteiger partial charge is 0.344 e. The molecule has 1 spiro atoms. The van der Waals surface area contributed by atoms with Gasteiger partial charge in [0.05, 0.1) is 56.8 Å². The van der Waals surface area contributed by atoms with Gasteiger partial charge in [-0.25, -0.2) is 24.5 Å². The molecule has 5 aromatic rings. The molecule has 29 nitrogen and oxygen atoms in total. The van der Waals surface area contributed by atoms with Crippen LogP contribution in [0, 0.1) is 23.2 Å². The maximum atomic E-state index is 15.2. The Hall–Kier alpha value is -8.64. The number of alkyl halides is 1. The van der Waals surface area contributed by atoms with E-state index in [9.17, 15) is 39.1 Å². The molecule has 2 bridgehead atoms. The van der Waals surface area contributed by atoms with E-state index in [0.29, 0.717) is 110 Å². The molecule has 3 fully saturated rings. The molecule has 1 unspecified atom stereocenters. The standard InChI is InChI=1S/C46H56N4O10.C9H13ClN6O2.C6H10N6O/c1-7-42(55)22-28-23-45(40(53)58-5,36-30(16-20-48(24-28)25-42)29-12-9-10-13-33(29)47-36)32-15-14-31-34(35(32)57-4)50(26-51)38-44(31)18-21-49-19-11-17-43(8-2,37(44)49)39(60-27(3)52)46(38,56)41(54)59-6;1-6-12-4-7(8(11)14-6)5-13-9(17)16(15-18)3-2-10;1-12(2)11-10-6-4(5(7)13)8-3-9-6/h9-15,17,26,28,37-39,47,55-56H,7-8,16,18-25H2,1-6H3;4H,2-3,5H2,1H3,(H,13,17)(H2,11,12,14);3H,1-2H3,(H2,7,13)(H,8,9)/t28-,37-,38+,39+,42-,43+,44+,45-,46-;;/m0../s1. The fourth-order valence-corrected chi connectivity index (χ4v) is 15.4. The molecular formula is C61H79ClN16O13. The maximum absolute atomic E-state index is 15.2. The number of hydrogen-bond donors (Lipinski definition) is 7. The average Bonchev–Trinajstić information content (AvgIpc) is 1.51. The third-order valence-corrected chi connectivity index (χ3v) is 18.9. The molecular weight excluding hydrogens is 1200 g/mol. The van der Waals surface area contributed by atoms with Crippen molar-refractivity contribution in [1.29, 1.82) is 0 Å². The first-order chi connectivity index (χ1) is 43.5. The minimum atomic E-state index is -2.55. The van der Waals surface area contributed by atoms with E-state index in [1.807, 2.05) is 62.4 Å². The number of aromatic nitrogens is 5. The van der Waals surface area contributed by atoms with Gasteiger partial charge < -0.3 is 60.8 Å². The second-order valence-electron chi connectivity index (χ2n) is 24.0. The molecule has 4 amide bonds. The van der Waals surface area contributed by atoms with Crippen LogP contribution in [0.4, 0.5) is 22.1 Å². The van der Waals surface area contributed by atoms with Crippen molar-refractivity contribution >= 4 is 76.1 Å².